The van der Waals surface area contributed by atoms with Gasteiger partial charge in [-0.2, -0.15) is 0 Å². The second-order valence-electron chi connectivity index (χ2n) is 6.72. The molecule has 0 aromatic heterocycles. The summed E-state index contributed by atoms with van der Waals surface area (Å²) in [6.07, 6.45) is -0.583. The van der Waals surface area contributed by atoms with Crippen molar-refractivity contribution in [2.24, 2.45) is 0 Å². The SMILES string of the molecule is COc1cccc(OCC(O)CN2CCOC(c3ccc(Br)cc3)C2C)c1.Cl. The third-order valence-corrected chi connectivity index (χ3v) is 5.35. The fourth-order valence-electron chi connectivity index (χ4n) is 3.32. The summed E-state index contributed by atoms with van der Waals surface area (Å²) in [5, 5.41) is 10.5. The molecule has 3 rings (SSSR count). The number of morpholine rings is 1. The molecule has 2 aromatic carbocycles. The van der Waals surface area contributed by atoms with Gasteiger partial charge in [-0.1, -0.05) is 34.1 Å². The van der Waals surface area contributed by atoms with Crippen LogP contribution in [0.15, 0.2) is 53.0 Å². The molecule has 1 saturated heterocycles. The van der Waals surface area contributed by atoms with E-state index in [2.05, 4.69) is 39.9 Å². The summed E-state index contributed by atoms with van der Waals surface area (Å²) in [5.74, 6) is 1.43. The van der Waals surface area contributed by atoms with Gasteiger partial charge in [0.15, 0.2) is 0 Å². The van der Waals surface area contributed by atoms with Crippen molar-refractivity contribution in [1.29, 1.82) is 0 Å². The Morgan fingerprint density at radius 1 is 1.21 bits per heavy atom. The van der Waals surface area contributed by atoms with Gasteiger partial charge in [0.05, 0.1) is 19.8 Å². The standard InChI is InChI=1S/C21H26BrNO4.ClH/c1-15-21(16-6-8-17(22)9-7-16)26-11-10-23(15)13-18(24)14-27-20-5-3-4-19(12-20)25-2;/h3-9,12,15,18,21,24H,10-11,13-14H2,1-2H3;1H. The van der Waals surface area contributed by atoms with Gasteiger partial charge in [-0.3, -0.25) is 4.90 Å². The Labute approximate surface area is 181 Å². The normalized spacial score (nSPS) is 20.9. The molecule has 0 amide bonds. The summed E-state index contributed by atoms with van der Waals surface area (Å²) in [5.41, 5.74) is 1.15. The lowest BCUT2D eigenvalue weighted by atomic mass is 10.0. The number of aliphatic hydroxyl groups is 1. The lowest BCUT2D eigenvalue weighted by Crippen LogP contribution is -2.49. The summed E-state index contributed by atoms with van der Waals surface area (Å²) in [6, 6.07) is 15.8. The predicted molar refractivity (Wildman–Crippen MR) is 116 cm³/mol. The van der Waals surface area contributed by atoms with Gasteiger partial charge >= 0.3 is 0 Å². The van der Waals surface area contributed by atoms with Crippen molar-refractivity contribution in [2.45, 2.75) is 25.2 Å². The number of rotatable bonds is 7. The van der Waals surface area contributed by atoms with Crippen LogP contribution in [0, 0.1) is 0 Å². The highest BCUT2D eigenvalue weighted by Gasteiger charge is 2.31. The molecule has 1 fully saturated rings. The fourth-order valence-corrected chi connectivity index (χ4v) is 3.59. The van der Waals surface area contributed by atoms with Crippen LogP contribution < -0.4 is 9.47 Å². The minimum atomic E-state index is -0.581. The van der Waals surface area contributed by atoms with Gasteiger partial charge in [-0.25, -0.2) is 0 Å². The Balaban J connectivity index is 0.00000280. The largest absolute Gasteiger partial charge is 0.497 e. The van der Waals surface area contributed by atoms with E-state index in [9.17, 15) is 5.11 Å². The van der Waals surface area contributed by atoms with Gasteiger partial charge in [0, 0.05) is 29.7 Å². The molecule has 5 nitrogen and oxygen atoms in total. The van der Waals surface area contributed by atoms with E-state index in [1.165, 1.54) is 0 Å². The van der Waals surface area contributed by atoms with E-state index in [1.807, 2.05) is 36.4 Å². The van der Waals surface area contributed by atoms with Crippen molar-refractivity contribution < 1.29 is 19.3 Å². The van der Waals surface area contributed by atoms with Crippen molar-refractivity contribution in [3.05, 3.63) is 58.6 Å². The van der Waals surface area contributed by atoms with Crippen molar-refractivity contribution >= 4 is 28.3 Å². The van der Waals surface area contributed by atoms with Crippen LogP contribution >= 0.6 is 28.3 Å². The first-order chi connectivity index (χ1) is 13.1. The third-order valence-electron chi connectivity index (χ3n) is 4.82. The molecule has 2 aromatic rings. The highest BCUT2D eigenvalue weighted by atomic mass is 79.9. The van der Waals surface area contributed by atoms with Gasteiger partial charge in [-0.15, -0.1) is 12.4 Å². The molecule has 3 atom stereocenters. The van der Waals surface area contributed by atoms with Crippen LogP contribution in [0.3, 0.4) is 0 Å². The zero-order valence-electron chi connectivity index (χ0n) is 16.1. The monoisotopic (exact) mass is 471 g/mol. The van der Waals surface area contributed by atoms with E-state index in [1.54, 1.807) is 7.11 Å². The Bertz CT molecular complexity index is 731. The van der Waals surface area contributed by atoms with Crippen molar-refractivity contribution in [2.75, 3.05) is 33.4 Å². The molecule has 0 spiro atoms. The second kappa shape index (κ2) is 11.0. The molecule has 1 aliphatic heterocycles. The van der Waals surface area contributed by atoms with E-state index < -0.39 is 6.10 Å². The van der Waals surface area contributed by atoms with Crippen molar-refractivity contribution in [3.63, 3.8) is 0 Å². The third kappa shape index (κ3) is 6.09. The molecule has 3 unspecified atom stereocenters. The lowest BCUT2D eigenvalue weighted by Gasteiger charge is -2.40. The average molecular weight is 473 g/mol. The number of halogens is 2. The Morgan fingerprint density at radius 3 is 2.64 bits per heavy atom. The number of nitrogens with zero attached hydrogens (tertiary/aromatic N) is 1. The molecule has 1 N–H and O–H groups in total. The average Bonchev–Trinajstić information content (AvgIpc) is 2.69. The summed E-state index contributed by atoms with van der Waals surface area (Å²) in [4.78, 5) is 2.26. The van der Waals surface area contributed by atoms with Crippen molar-refractivity contribution in [3.8, 4) is 11.5 Å². The van der Waals surface area contributed by atoms with Crippen LogP contribution in [0.25, 0.3) is 0 Å². The smallest absolute Gasteiger partial charge is 0.123 e. The molecular weight excluding hydrogens is 446 g/mol. The highest BCUT2D eigenvalue weighted by molar-refractivity contribution is 9.10. The molecule has 154 valence electrons. The second-order valence-corrected chi connectivity index (χ2v) is 7.64. The zero-order valence-corrected chi connectivity index (χ0v) is 18.5. The summed E-state index contributed by atoms with van der Waals surface area (Å²) >= 11 is 3.47. The van der Waals surface area contributed by atoms with Crippen molar-refractivity contribution in [1.82, 2.24) is 4.90 Å². The predicted octanol–water partition coefficient (Wildman–Crippen LogP) is 4.08. The van der Waals surface area contributed by atoms with Crippen LogP contribution in [0.4, 0.5) is 0 Å². The maximum absolute atomic E-state index is 10.5. The maximum atomic E-state index is 10.5. The van der Waals surface area contributed by atoms with Crippen LogP contribution in [0.2, 0.25) is 0 Å². The first kappa shape index (κ1) is 23.0. The number of ether oxygens (including phenoxy) is 3. The minimum Gasteiger partial charge on any atom is -0.497 e. The Kier molecular flexibility index (Phi) is 9.05. The number of benzene rings is 2. The number of hydrogen-bond acceptors (Lipinski definition) is 5. The first-order valence-electron chi connectivity index (χ1n) is 9.13. The maximum Gasteiger partial charge on any atom is 0.123 e. The van der Waals surface area contributed by atoms with E-state index in [0.29, 0.717) is 18.9 Å². The Morgan fingerprint density at radius 2 is 1.93 bits per heavy atom. The number of methoxy groups -OCH3 is 1. The van der Waals surface area contributed by atoms with Gasteiger partial charge < -0.3 is 19.3 Å². The van der Waals surface area contributed by atoms with E-state index in [-0.39, 0.29) is 31.2 Å². The van der Waals surface area contributed by atoms with Crippen LogP contribution in [0.1, 0.15) is 18.6 Å². The van der Waals surface area contributed by atoms with Gasteiger partial charge in [0.1, 0.15) is 24.2 Å². The molecule has 1 aliphatic rings. The van der Waals surface area contributed by atoms with Gasteiger partial charge in [0.2, 0.25) is 0 Å². The molecule has 7 heteroatoms. The van der Waals surface area contributed by atoms with E-state index in [4.69, 9.17) is 14.2 Å². The summed E-state index contributed by atoms with van der Waals surface area (Å²) in [6.45, 7) is 4.36. The molecule has 1 heterocycles. The Hall–Kier alpha value is -1.31. The van der Waals surface area contributed by atoms with Crippen LogP contribution in [-0.4, -0.2) is 55.6 Å². The van der Waals surface area contributed by atoms with E-state index in [0.717, 1.165) is 22.3 Å². The molecule has 0 bridgehead atoms. The molecule has 0 aliphatic carbocycles. The molecular formula is C21H27BrClNO4. The minimum absolute atomic E-state index is 0. The van der Waals surface area contributed by atoms with Gasteiger partial charge in [-0.05, 0) is 36.8 Å². The van der Waals surface area contributed by atoms with Crippen LogP contribution in [0.5, 0.6) is 11.5 Å². The fraction of sp³-hybridized carbons (Fsp3) is 0.429. The van der Waals surface area contributed by atoms with E-state index >= 15 is 0 Å². The van der Waals surface area contributed by atoms with Gasteiger partial charge in [0.25, 0.3) is 0 Å². The molecule has 28 heavy (non-hydrogen) atoms. The summed E-state index contributed by atoms with van der Waals surface area (Å²) in [7, 11) is 1.62. The highest BCUT2D eigenvalue weighted by Crippen LogP contribution is 2.29. The molecule has 0 radical (unpaired) electrons. The quantitative estimate of drug-likeness (QED) is 0.658. The summed E-state index contributed by atoms with van der Waals surface area (Å²) < 4.78 is 18.0. The topological polar surface area (TPSA) is 51.2 Å². The zero-order chi connectivity index (χ0) is 19.2. The number of β-amino-alcohol motifs (C(OH)–C–C–N with tert-alkyl or cyclic N) is 1. The molecule has 0 saturated carbocycles. The number of aliphatic hydroxyl groups excluding tert-OH is 1. The first-order valence-corrected chi connectivity index (χ1v) is 9.92. The number of hydrogen-bond donors (Lipinski definition) is 1. The van der Waals surface area contributed by atoms with Crippen LogP contribution in [-0.2, 0) is 4.74 Å². The lowest BCUT2D eigenvalue weighted by molar-refractivity contribution is -0.0804.